The van der Waals surface area contributed by atoms with Crippen LogP contribution in [0.4, 0.5) is 0 Å². The lowest BCUT2D eigenvalue weighted by Crippen LogP contribution is -1.95. The first-order valence-corrected chi connectivity index (χ1v) is 8.74. The van der Waals surface area contributed by atoms with E-state index < -0.39 is 9.05 Å². The number of rotatable bonds is 3. The van der Waals surface area contributed by atoms with E-state index >= 15 is 0 Å². The van der Waals surface area contributed by atoms with Crippen molar-refractivity contribution in [2.75, 3.05) is 0 Å². The Morgan fingerprint density at radius 2 is 1.79 bits per heavy atom. The average molecular weight is 409 g/mol. The SMILES string of the molecule is Cc1cc(Oc2cccc(I)c2)ccc1S(=O)(=O)Cl. The largest absolute Gasteiger partial charge is 0.457 e. The van der Waals surface area contributed by atoms with E-state index in [0.29, 0.717) is 17.1 Å². The highest BCUT2D eigenvalue weighted by atomic mass is 127. The third kappa shape index (κ3) is 3.84. The number of ether oxygens (including phenoxy) is 1. The van der Waals surface area contributed by atoms with Crippen LogP contribution < -0.4 is 4.74 Å². The van der Waals surface area contributed by atoms with Crippen LogP contribution in [0, 0.1) is 10.5 Å². The lowest BCUT2D eigenvalue weighted by molar-refractivity contribution is 0.481. The molecule has 0 unspecified atom stereocenters. The molecule has 0 radical (unpaired) electrons. The molecule has 3 nitrogen and oxygen atoms in total. The third-order valence-electron chi connectivity index (χ3n) is 2.44. The minimum atomic E-state index is -3.71. The van der Waals surface area contributed by atoms with Gasteiger partial charge in [-0.25, -0.2) is 8.42 Å². The molecule has 2 aromatic carbocycles. The molecule has 6 heteroatoms. The fourth-order valence-corrected chi connectivity index (χ4v) is 3.33. The van der Waals surface area contributed by atoms with E-state index in [2.05, 4.69) is 22.6 Å². The van der Waals surface area contributed by atoms with E-state index in [1.165, 1.54) is 6.07 Å². The molecular weight excluding hydrogens is 399 g/mol. The Bertz CT molecular complexity index is 714. The first-order chi connectivity index (χ1) is 8.86. The number of hydrogen-bond donors (Lipinski definition) is 0. The number of hydrogen-bond acceptors (Lipinski definition) is 3. The molecular formula is C13H10ClIO3S. The van der Waals surface area contributed by atoms with E-state index in [4.69, 9.17) is 15.4 Å². The summed E-state index contributed by atoms with van der Waals surface area (Å²) in [4.78, 5) is 0.101. The van der Waals surface area contributed by atoms with Crippen molar-refractivity contribution in [1.29, 1.82) is 0 Å². The van der Waals surface area contributed by atoms with Crippen LogP contribution >= 0.6 is 33.3 Å². The average Bonchev–Trinajstić information content (AvgIpc) is 2.27. The summed E-state index contributed by atoms with van der Waals surface area (Å²) in [6.45, 7) is 1.68. The molecule has 0 aromatic heterocycles. The summed E-state index contributed by atoms with van der Waals surface area (Å²) < 4.78 is 29.3. The van der Waals surface area contributed by atoms with Crippen molar-refractivity contribution >= 4 is 42.3 Å². The summed E-state index contributed by atoms with van der Waals surface area (Å²) in [7, 11) is 1.61. The molecule has 0 aliphatic heterocycles. The maximum Gasteiger partial charge on any atom is 0.261 e. The van der Waals surface area contributed by atoms with Gasteiger partial charge in [-0.05, 0) is 71.5 Å². The van der Waals surface area contributed by atoms with Gasteiger partial charge in [0.05, 0.1) is 4.90 Å². The molecule has 0 aliphatic carbocycles. The molecule has 0 bridgehead atoms. The van der Waals surface area contributed by atoms with E-state index in [1.807, 2.05) is 24.3 Å². The molecule has 0 amide bonds. The summed E-state index contributed by atoms with van der Waals surface area (Å²) in [6.07, 6.45) is 0. The van der Waals surface area contributed by atoms with Gasteiger partial charge in [0.15, 0.2) is 0 Å². The predicted molar refractivity (Wildman–Crippen MR) is 83.5 cm³/mol. The van der Waals surface area contributed by atoms with Gasteiger partial charge in [0.1, 0.15) is 11.5 Å². The zero-order valence-corrected chi connectivity index (χ0v) is 13.7. The molecule has 2 aromatic rings. The van der Waals surface area contributed by atoms with E-state index in [1.54, 1.807) is 19.1 Å². The Hall–Kier alpha value is -0.790. The van der Waals surface area contributed by atoms with Crippen LogP contribution in [0.3, 0.4) is 0 Å². The van der Waals surface area contributed by atoms with E-state index in [9.17, 15) is 8.42 Å². The van der Waals surface area contributed by atoms with Crippen molar-refractivity contribution in [3.63, 3.8) is 0 Å². The van der Waals surface area contributed by atoms with Crippen LogP contribution in [0.1, 0.15) is 5.56 Å². The Kier molecular flexibility index (Phi) is 4.37. The van der Waals surface area contributed by atoms with Gasteiger partial charge in [-0.2, -0.15) is 0 Å². The zero-order valence-electron chi connectivity index (χ0n) is 9.93. The second-order valence-electron chi connectivity index (χ2n) is 3.92. The maximum atomic E-state index is 11.3. The lowest BCUT2D eigenvalue weighted by atomic mass is 10.2. The molecule has 0 saturated heterocycles. The van der Waals surface area contributed by atoms with Crippen LogP contribution in [0.5, 0.6) is 11.5 Å². The van der Waals surface area contributed by atoms with Gasteiger partial charge >= 0.3 is 0 Å². The first-order valence-electron chi connectivity index (χ1n) is 5.35. The summed E-state index contributed by atoms with van der Waals surface area (Å²) in [6, 6.07) is 12.3. The van der Waals surface area contributed by atoms with Gasteiger partial charge in [0, 0.05) is 14.3 Å². The molecule has 0 heterocycles. The number of halogens is 2. The summed E-state index contributed by atoms with van der Waals surface area (Å²) in [5, 5.41) is 0. The summed E-state index contributed by atoms with van der Waals surface area (Å²) in [5.41, 5.74) is 0.554. The molecule has 0 spiro atoms. The molecule has 0 aliphatic rings. The minimum absolute atomic E-state index is 0.101. The second kappa shape index (κ2) is 5.68. The highest BCUT2D eigenvalue weighted by Gasteiger charge is 2.13. The second-order valence-corrected chi connectivity index (χ2v) is 7.70. The minimum Gasteiger partial charge on any atom is -0.457 e. The van der Waals surface area contributed by atoms with Crippen molar-refractivity contribution < 1.29 is 13.2 Å². The van der Waals surface area contributed by atoms with E-state index in [0.717, 1.165) is 3.57 Å². The quantitative estimate of drug-likeness (QED) is 0.561. The smallest absolute Gasteiger partial charge is 0.261 e. The molecule has 2 rings (SSSR count). The Labute approximate surface area is 130 Å². The number of aryl methyl sites for hydroxylation is 1. The van der Waals surface area contributed by atoms with Gasteiger partial charge in [-0.1, -0.05) is 6.07 Å². The van der Waals surface area contributed by atoms with Crippen LogP contribution in [-0.2, 0) is 9.05 Å². The Balaban J connectivity index is 2.31. The topological polar surface area (TPSA) is 43.4 Å². The van der Waals surface area contributed by atoms with Gasteiger partial charge < -0.3 is 4.74 Å². The Morgan fingerprint density at radius 1 is 1.11 bits per heavy atom. The first kappa shape index (κ1) is 14.6. The van der Waals surface area contributed by atoms with Crippen LogP contribution in [0.2, 0.25) is 0 Å². The lowest BCUT2D eigenvalue weighted by Gasteiger charge is -2.08. The third-order valence-corrected chi connectivity index (χ3v) is 4.59. The summed E-state index contributed by atoms with van der Waals surface area (Å²) >= 11 is 2.19. The highest BCUT2D eigenvalue weighted by molar-refractivity contribution is 14.1. The van der Waals surface area contributed by atoms with Gasteiger partial charge in [0.2, 0.25) is 0 Å². The van der Waals surface area contributed by atoms with Gasteiger partial charge in [0.25, 0.3) is 9.05 Å². The molecule has 0 saturated carbocycles. The zero-order chi connectivity index (χ0) is 14.0. The maximum absolute atomic E-state index is 11.3. The van der Waals surface area contributed by atoms with Gasteiger partial charge in [-0.3, -0.25) is 0 Å². The molecule has 0 atom stereocenters. The molecule has 100 valence electrons. The van der Waals surface area contributed by atoms with Crippen molar-refractivity contribution in [3.05, 3.63) is 51.6 Å². The van der Waals surface area contributed by atoms with Crippen molar-refractivity contribution in [1.82, 2.24) is 0 Å². The molecule has 19 heavy (non-hydrogen) atoms. The predicted octanol–water partition coefficient (Wildman–Crippen LogP) is 4.32. The summed E-state index contributed by atoms with van der Waals surface area (Å²) in [5.74, 6) is 1.27. The van der Waals surface area contributed by atoms with Crippen LogP contribution in [0.25, 0.3) is 0 Å². The van der Waals surface area contributed by atoms with Crippen LogP contribution in [-0.4, -0.2) is 8.42 Å². The highest BCUT2D eigenvalue weighted by Crippen LogP contribution is 2.27. The van der Waals surface area contributed by atoms with Gasteiger partial charge in [-0.15, -0.1) is 0 Å². The normalized spacial score (nSPS) is 11.3. The van der Waals surface area contributed by atoms with Crippen molar-refractivity contribution in [3.8, 4) is 11.5 Å². The fraction of sp³-hybridized carbons (Fsp3) is 0.0769. The van der Waals surface area contributed by atoms with Crippen molar-refractivity contribution in [2.24, 2.45) is 0 Å². The fourth-order valence-electron chi connectivity index (χ4n) is 1.63. The number of benzene rings is 2. The van der Waals surface area contributed by atoms with Crippen molar-refractivity contribution in [2.45, 2.75) is 11.8 Å². The standard InChI is InChI=1S/C13H10ClIO3S/c1-9-7-12(5-6-13(9)19(14,16)17)18-11-4-2-3-10(15)8-11/h2-8H,1H3. The molecule has 0 N–H and O–H groups in total. The molecule has 0 fully saturated rings. The van der Waals surface area contributed by atoms with Crippen LogP contribution in [0.15, 0.2) is 47.4 Å². The Morgan fingerprint density at radius 3 is 2.37 bits per heavy atom. The van der Waals surface area contributed by atoms with E-state index in [-0.39, 0.29) is 4.90 Å². The monoisotopic (exact) mass is 408 g/mol.